The molecule has 4 unspecified atom stereocenters. The summed E-state index contributed by atoms with van der Waals surface area (Å²) < 4.78 is 0. The molecule has 4 atom stereocenters. The molecule has 2 heterocycles. The number of aliphatic carboxylic acids is 2. The van der Waals surface area contributed by atoms with Gasteiger partial charge in [-0.1, -0.05) is 36.4 Å². The minimum Gasteiger partial charge on any atom is -0.481 e. The number of carboxylic acids is 2. The van der Waals surface area contributed by atoms with Gasteiger partial charge in [-0.3, -0.25) is 19.2 Å². The van der Waals surface area contributed by atoms with Crippen molar-refractivity contribution in [1.82, 2.24) is 25.9 Å². The van der Waals surface area contributed by atoms with Crippen LogP contribution in [0, 0.1) is 0 Å². The van der Waals surface area contributed by atoms with Crippen LogP contribution in [0.2, 0.25) is 0 Å². The number of benzene rings is 2. The third kappa shape index (κ3) is 8.88. The number of thioether (sulfide) groups is 1. The number of H-pyrrole nitrogens is 2. The Morgan fingerprint density at radius 3 is 1.78 bits per heavy atom. The topological polar surface area (TPSA) is 219 Å². The van der Waals surface area contributed by atoms with Crippen molar-refractivity contribution in [3.05, 3.63) is 72.1 Å². The number of rotatable bonds is 17. The van der Waals surface area contributed by atoms with E-state index in [0.29, 0.717) is 23.3 Å². The molecule has 13 nitrogen and oxygen atoms in total. The van der Waals surface area contributed by atoms with Crippen LogP contribution in [0.1, 0.15) is 30.4 Å². The number of nitrogens with two attached hydrogens (primary N) is 1. The summed E-state index contributed by atoms with van der Waals surface area (Å²) in [5.74, 6) is -4.01. The van der Waals surface area contributed by atoms with Crippen LogP contribution in [0.5, 0.6) is 0 Å². The highest BCUT2D eigenvalue weighted by atomic mass is 32.2. The van der Waals surface area contributed by atoms with Crippen molar-refractivity contribution in [1.29, 1.82) is 0 Å². The molecule has 0 saturated heterocycles. The molecule has 14 heteroatoms. The molecule has 3 amide bonds. The molecule has 2 aromatic carbocycles. The third-order valence-corrected chi connectivity index (χ3v) is 8.34. The summed E-state index contributed by atoms with van der Waals surface area (Å²) in [4.78, 5) is 70.0. The van der Waals surface area contributed by atoms with Gasteiger partial charge in [0.1, 0.15) is 18.1 Å². The van der Waals surface area contributed by atoms with Gasteiger partial charge in [0.2, 0.25) is 17.7 Å². The summed E-state index contributed by atoms with van der Waals surface area (Å²) in [6.07, 6.45) is 4.88. The van der Waals surface area contributed by atoms with Gasteiger partial charge in [-0.2, -0.15) is 11.8 Å². The second-order valence-corrected chi connectivity index (χ2v) is 12.0. The Bertz CT molecular complexity index is 1700. The molecule has 4 rings (SSSR count). The van der Waals surface area contributed by atoms with E-state index in [0.717, 1.165) is 21.8 Å². The minimum atomic E-state index is -1.33. The van der Waals surface area contributed by atoms with E-state index >= 15 is 0 Å². The van der Waals surface area contributed by atoms with Crippen molar-refractivity contribution >= 4 is 63.2 Å². The van der Waals surface area contributed by atoms with Crippen LogP contribution in [0.25, 0.3) is 21.8 Å². The van der Waals surface area contributed by atoms with E-state index in [9.17, 15) is 34.2 Å². The third-order valence-electron chi connectivity index (χ3n) is 7.70. The number of carbonyl (C=O) groups excluding carboxylic acids is 3. The van der Waals surface area contributed by atoms with Gasteiger partial charge in [-0.15, -0.1) is 0 Å². The molecule has 0 radical (unpaired) electrons. The maximum Gasteiger partial charge on any atom is 0.326 e. The molecular formula is C32H38N6O7S. The average Bonchev–Trinajstić information content (AvgIpc) is 3.64. The first kappa shape index (κ1) is 34.1. The Kier molecular flexibility index (Phi) is 11.8. The molecule has 2 aromatic heterocycles. The zero-order valence-electron chi connectivity index (χ0n) is 25.2. The molecular weight excluding hydrogens is 612 g/mol. The lowest BCUT2D eigenvalue weighted by Crippen LogP contribution is -2.58. The Labute approximate surface area is 269 Å². The average molecular weight is 651 g/mol. The van der Waals surface area contributed by atoms with Crippen LogP contribution in [-0.2, 0) is 36.8 Å². The zero-order valence-corrected chi connectivity index (χ0v) is 26.1. The quantitative estimate of drug-likeness (QED) is 0.0835. The Morgan fingerprint density at radius 1 is 0.739 bits per heavy atom. The first-order chi connectivity index (χ1) is 22.1. The molecule has 0 aliphatic heterocycles. The highest BCUT2D eigenvalue weighted by Gasteiger charge is 2.31. The summed E-state index contributed by atoms with van der Waals surface area (Å²) in [6, 6.07) is 9.93. The monoisotopic (exact) mass is 650 g/mol. The SMILES string of the molecule is CSCCC(N)C(=O)NC(CCC(=O)O)C(=O)NC(Cc1c[nH]c2ccccc12)C(=O)NC(Cc1c[nH]c2ccccc12)C(=O)O. The van der Waals surface area contributed by atoms with E-state index in [1.165, 1.54) is 11.8 Å². The number of hydrogen-bond acceptors (Lipinski definition) is 7. The molecule has 46 heavy (non-hydrogen) atoms. The van der Waals surface area contributed by atoms with Gasteiger partial charge in [-0.25, -0.2) is 4.79 Å². The molecule has 0 spiro atoms. The van der Waals surface area contributed by atoms with Crippen LogP contribution in [-0.4, -0.2) is 86.0 Å². The number of fused-ring (bicyclic) bond motifs is 2. The van der Waals surface area contributed by atoms with E-state index in [4.69, 9.17) is 5.73 Å². The summed E-state index contributed by atoms with van der Waals surface area (Å²) in [5, 5.41) is 28.7. The van der Waals surface area contributed by atoms with E-state index in [1.54, 1.807) is 12.4 Å². The Morgan fingerprint density at radius 2 is 1.24 bits per heavy atom. The molecule has 0 aliphatic rings. The number of carbonyl (C=O) groups is 5. The predicted molar refractivity (Wildman–Crippen MR) is 175 cm³/mol. The van der Waals surface area contributed by atoms with Crippen molar-refractivity contribution in [2.24, 2.45) is 5.73 Å². The van der Waals surface area contributed by atoms with Gasteiger partial charge in [0.05, 0.1) is 6.04 Å². The van der Waals surface area contributed by atoms with Crippen LogP contribution < -0.4 is 21.7 Å². The second-order valence-electron chi connectivity index (χ2n) is 11.0. The lowest BCUT2D eigenvalue weighted by molar-refractivity contribution is -0.142. The van der Waals surface area contributed by atoms with Crippen LogP contribution >= 0.6 is 11.8 Å². The summed E-state index contributed by atoms with van der Waals surface area (Å²) >= 11 is 1.50. The van der Waals surface area contributed by atoms with Crippen molar-refractivity contribution in [2.75, 3.05) is 12.0 Å². The molecule has 4 aromatic rings. The number of carboxylic acid groups (broad SMARTS) is 2. The van der Waals surface area contributed by atoms with Gasteiger partial charge >= 0.3 is 11.9 Å². The fourth-order valence-electron chi connectivity index (χ4n) is 5.19. The highest BCUT2D eigenvalue weighted by molar-refractivity contribution is 7.98. The standard InChI is InChI=1S/C32H38N6O7S/c1-46-13-12-22(33)29(41)36-25(10-11-28(39)40)30(42)37-26(14-18-16-34-23-8-4-2-6-20(18)23)31(43)38-27(32(44)45)15-19-17-35-24-9-5-3-7-21(19)24/h2-9,16-17,22,25-27,34-35H,10-15,33H2,1H3,(H,36,41)(H,37,42)(H,38,43)(H,39,40)(H,44,45). The lowest BCUT2D eigenvalue weighted by Gasteiger charge is -2.25. The summed E-state index contributed by atoms with van der Waals surface area (Å²) in [6.45, 7) is 0. The van der Waals surface area contributed by atoms with Crippen molar-refractivity contribution in [2.45, 2.75) is 56.3 Å². The zero-order chi connectivity index (χ0) is 33.2. The summed E-state index contributed by atoms with van der Waals surface area (Å²) in [5.41, 5.74) is 8.97. The number of nitrogens with one attached hydrogen (secondary N) is 5. The van der Waals surface area contributed by atoms with Crippen molar-refractivity contribution in [3.63, 3.8) is 0 Å². The van der Waals surface area contributed by atoms with Gasteiger partial charge in [0, 0.05) is 53.5 Å². The number of hydrogen-bond donors (Lipinski definition) is 8. The van der Waals surface area contributed by atoms with E-state index in [2.05, 4.69) is 25.9 Å². The van der Waals surface area contributed by atoms with Crippen LogP contribution in [0.3, 0.4) is 0 Å². The molecule has 0 aliphatic carbocycles. The van der Waals surface area contributed by atoms with Gasteiger partial charge in [0.15, 0.2) is 0 Å². The van der Waals surface area contributed by atoms with E-state index < -0.39 is 60.2 Å². The van der Waals surface area contributed by atoms with E-state index in [1.807, 2.05) is 54.8 Å². The fourth-order valence-corrected chi connectivity index (χ4v) is 5.68. The first-order valence-electron chi connectivity index (χ1n) is 14.8. The van der Waals surface area contributed by atoms with E-state index in [-0.39, 0.29) is 19.3 Å². The number of aromatic nitrogens is 2. The number of amides is 3. The normalized spacial score (nSPS) is 13.9. The minimum absolute atomic E-state index is 0.0200. The maximum atomic E-state index is 13.8. The molecule has 244 valence electrons. The van der Waals surface area contributed by atoms with Gasteiger partial charge in [0.25, 0.3) is 0 Å². The predicted octanol–water partition coefficient (Wildman–Crippen LogP) is 1.92. The van der Waals surface area contributed by atoms with Crippen LogP contribution in [0.15, 0.2) is 60.9 Å². The van der Waals surface area contributed by atoms with Gasteiger partial charge < -0.3 is 41.9 Å². The highest BCUT2D eigenvalue weighted by Crippen LogP contribution is 2.21. The van der Waals surface area contributed by atoms with Crippen LogP contribution in [0.4, 0.5) is 0 Å². The number of para-hydroxylation sites is 2. The summed E-state index contributed by atoms with van der Waals surface area (Å²) in [7, 11) is 0. The molecule has 9 N–H and O–H groups in total. The maximum absolute atomic E-state index is 13.8. The molecule has 0 bridgehead atoms. The molecule has 0 saturated carbocycles. The lowest BCUT2D eigenvalue weighted by atomic mass is 10.0. The number of aromatic amines is 2. The first-order valence-corrected chi connectivity index (χ1v) is 16.2. The Balaban J connectivity index is 1.58. The molecule has 0 fully saturated rings. The Hall–Kier alpha value is -4.82. The van der Waals surface area contributed by atoms with Crippen molar-refractivity contribution in [3.8, 4) is 0 Å². The fraction of sp³-hybridized carbons (Fsp3) is 0.344. The second kappa shape index (κ2) is 16.0. The van der Waals surface area contributed by atoms with Gasteiger partial charge in [-0.05, 0) is 48.1 Å². The van der Waals surface area contributed by atoms with Crippen molar-refractivity contribution < 1.29 is 34.2 Å². The smallest absolute Gasteiger partial charge is 0.326 e. The largest absolute Gasteiger partial charge is 0.481 e.